The van der Waals surface area contributed by atoms with Crippen LogP contribution in [0.25, 0.3) is 0 Å². The minimum atomic E-state index is -1.76. The van der Waals surface area contributed by atoms with Crippen LogP contribution in [0.5, 0.6) is 0 Å². The van der Waals surface area contributed by atoms with Gasteiger partial charge < -0.3 is 8.42 Å². The summed E-state index contributed by atoms with van der Waals surface area (Å²) in [6, 6.07) is 0. The Bertz CT molecular complexity index is 108. The van der Waals surface area contributed by atoms with Crippen LogP contribution in [0, 0.1) is 0 Å². The first-order chi connectivity index (χ1) is 2.80. The van der Waals surface area contributed by atoms with Gasteiger partial charge in [0.05, 0.1) is 0 Å². The third-order valence-electron chi connectivity index (χ3n) is 0.797. The molecule has 0 saturated heterocycles. The molecule has 0 heterocycles. The van der Waals surface area contributed by atoms with E-state index in [-0.39, 0.29) is 34.8 Å². The summed E-state index contributed by atoms with van der Waals surface area (Å²) in [5.74, 6) is 0. The van der Waals surface area contributed by atoms with E-state index in [4.69, 9.17) is 0 Å². The van der Waals surface area contributed by atoms with Crippen molar-refractivity contribution >= 4 is 10.7 Å². The van der Waals surface area contributed by atoms with E-state index in [1.165, 1.54) is 0 Å². The van der Waals surface area contributed by atoms with Crippen LogP contribution in [-0.2, 0) is 19.1 Å². The molecule has 0 amide bonds. The minimum absolute atomic E-state index is 0. The van der Waals surface area contributed by atoms with Gasteiger partial charge in [0.15, 0.2) is 0 Å². The summed E-state index contributed by atoms with van der Waals surface area (Å²) in [5, 5.41) is 0.0185. The largest absolute Gasteiger partial charge is 1.00 e. The summed E-state index contributed by atoms with van der Waals surface area (Å²) >= 11 is 0. The smallest absolute Gasteiger partial charge is 0.424 e. The van der Waals surface area contributed by atoms with Crippen LogP contribution in [0.1, 0.15) is 12.8 Å². The van der Waals surface area contributed by atoms with Crippen molar-refractivity contribution in [1.29, 1.82) is 0 Å². The standard InChI is InChI=1S/C3H5O2S.Na/c4-6(5)3-1-2-3;/h3H,1-2H2;/q-1;+1. The Labute approximate surface area is 66.5 Å². The molecule has 0 unspecified atom stereocenters. The third kappa shape index (κ3) is 2.69. The summed E-state index contributed by atoms with van der Waals surface area (Å²) in [6.45, 7) is 0. The van der Waals surface area contributed by atoms with Crippen molar-refractivity contribution in [1.82, 2.24) is 0 Å². The van der Waals surface area contributed by atoms with Gasteiger partial charge in [-0.3, -0.25) is 0 Å². The predicted octanol–water partition coefficient (Wildman–Crippen LogP) is -2.54. The second-order valence-corrected chi connectivity index (χ2v) is 2.65. The molecule has 0 radical (unpaired) electrons. The van der Waals surface area contributed by atoms with Crippen LogP contribution >= 0.6 is 0 Å². The molecule has 1 fully saturated rings. The monoisotopic (exact) mass is 128 g/mol. The Balaban J connectivity index is 0.000000360. The zero-order valence-electron chi connectivity index (χ0n) is 4.22. The van der Waals surface area contributed by atoms with Crippen LogP contribution in [0.15, 0.2) is 0 Å². The Hall–Kier alpha value is 0.950. The van der Waals surface area contributed by atoms with Crippen LogP contribution in [0.4, 0.5) is 0 Å². The van der Waals surface area contributed by atoms with Gasteiger partial charge in [0, 0.05) is 0 Å². The summed E-state index contributed by atoms with van der Waals surface area (Å²) in [4.78, 5) is 0. The molecule has 0 N–H and O–H groups in total. The molecule has 36 valence electrons. The maximum Gasteiger partial charge on any atom is 1.00 e. The normalized spacial score (nSPS) is 19.0. The van der Waals surface area contributed by atoms with E-state index < -0.39 is 10.7 Å². The fourth-order valence-corrected chi connectivity index (χ4v) is 0.781. The first kappa shape index (κ1) is 7.95. The molecule has 0 aliphatic heterocycles. The molecule has 0 aromatic carbocycles. The Morgan fingerprint density at radius 2 is 1.71 bits per heavy atom. The second-order valence-electron chi connectivity index (χ2n) is 1.46. The van der Waals surface area contributed by atoms with Crippen molar-refractivity contribution in [3.63, 3.8) is 0 Å². The molecule has 0 aromatic heterocycles. The molecule has 1 aliphatic rings. The molecule has 1 aliphatic carbocycles. The molecule has 0 aromatic rings. The van der Waals surface area contributed by atoms with Gasteiger partial charge in [-0.25, -0.2) is 0 Å². The summed E-state index contributed by atoms with van der Waals surface area (Å²) in [6.07, 6.45) is 1.77. The van der Waals surface area contributed by atoms with Gasteiger partial charge in [0.1, 0.15) is 0 Å². The molecular formula is C3H5NaO2S. The van der Waals surface area contributed by atoms with E-state index in [2.05, 4.69) is 0 Å². The predicted molar refractivity (Wildman–Crippen MR) is 21.8 cm³/mol. The van der Waals surface area contributed by atoms with Gasteiger partial charge in [-0.2, -0.15) is 0 Å². The van der Waals surface area contributed by atoms with Gasteiger partial charge in [-0.05, 0) is 0 Å². The van der Waals surface area contributed by atoms with Gasteiger partial charge >= 0.3 is 29.6 Å². The topological polar surface area (TPSA) is 34.1 Å². The number of hydrogen-bond donors (Lipinski definition) is 0. The van der Waals surface area contributed by atoms with E-state index in [0.717, 1.165) is 12.8 Å². The quantitative estimate of drug-likeness (QED) is 0.288. The fraction of sp³-hybridized carbons (Fsp3) is 1.00. The van der Waals surface area contributed by atoms with E-state index in [1.54, 1.807) is 0 Å². The Morgan fingerprint density at radius 1 is 1.29 bits per heavy atom. The van der Waals surface area contributed by atoms with Crippen molar-refractivity contribution in [2.45, 2.75) is 18.1 Å². The molecule has 4 heteroatoms. The van der Waals surface area contributed by atoms with E-state index >= 15 is 0 Å². The van der Waals surface area contributed by atoms with Crippen LogP contribution < -0.4 is 29.6 Å². The average Bonchev–Trinajstić information content (AvgIpc) is 2.06. The van der Waals surface area contributed by atoms with E-state index in [9.17, 15) is 8.42 Å². The zero-order valence-corrected chi connectivity index (χ0v) is 7.03. The average molecular weight is 128 g/mol. The fourth-order valence-electron chi connectivity index (χ4n) is 0.260. The molecular weight excluding hydrogens is 123 g/mol. The van der Waals surface area contributed by atoms with Gasteiger partial charge in [-0.15, -0.1) is 0 Å². The maximum atomic E-state index is 9.76. The molecule has 2 nitrogen and oxygen atoms in total. The summed E-state index contributed by atoms with van der Waals surface area (Å²) in [5.41, 5.74) is 0. The zero-order chi connectivity index (χ0) is 4.57. The van der Waals surface area contributed by atoms with Crippen molar-refractivity contribution in [2.75, 3.05) is 0 Å². The van der Waals surface area contributed by atoms with Gasteiger partial charge in [0.25, 0.3) is 0 Å². The van der Waals surface area contributed by atoms with Crippen LogP contribution in [-0.4, -0.2) is 5.25 Å². The van der Waals surface area contributed by atoms with Crippen molar-refractivity contribution in [3.8, 4) is 0 Å². The number of rotatable bonds is 1. The summed E-state index contributed by atoms with van der Waals surface area (Å²) in [7, 11) is -1.76. The van der Waals surface area contributed by atoms with Crippen molar-refractivity contribution < 1.29 is 38.0 Å². The SMILES string of the molecule is O=[S-](=O)C1CC1.[Na+]. The van der Waals surface area contributed by atoms with Crippen molar-refractivity contribution in [3.05, 3.63) is 0 Å². The molecule has 0 bridgehead atoms. The Morgan fingerprint density at radius 3 is 1.71 bits per heavy atom. The van der Waals surface area contributed by atoms with Crippen LogP contribution in [0.3, 0.4) is 0 Å². The van der Waals surface area contributed by atoms with E-state index in [1.807, 2.05) is 0 Å². The minimum Gasteiger partial charge on any atom is -0.424 e. The molecule has 7 heavy (non-hydrogen) atoms. The van der Waals surface area contributed by atoms with Crippen LogP contribution in [0.2, 0.25) is 0 Å². The van der Waals surface area contributed by atoms with Gasteiger partial charge in [0.2, 0.25) is 0 Å². The summed E-state index contributed by atoms with van der Waals surface area (Å²) < 4.78 is 19.5. The molecule has 0 atom stereocenters. The molecule has 1 saturated carbocycles. The maximum absolute atomic E-state index is 9.76. The molecule has 1 rings (SSSR count). The molecule has 0 spiro atoms. The van der Waals surface area contributed by atoms with Gasteiger partial charge in [-0.1, -0.05) is 28.8 Å². The van der Waals surface area contributed by atoms with E-state index in [0.29, 0.717) is 0 Å². The van der Waals surface area contributed by atoms with Crippen molar-refractivity contribution in [2.24, 2.45) is 0 Å². The second kappa shape index (κ2) is 3.07. The number of hydrogen-bond acceptors (Lipinski definition) is 3. The Kier molecular flexibility index (Phi) is 3.49. The first-order valence-corrected chi connectivity index (χ1v) is 3.02. The first-order valence-electron chi connectivity index (χ1n) is 1.89. The third-order valence-corrected chi connectivity index (χ3v) is 1.81.